The number of aromatic amines is 1. The van der Waals surface area contributed by atoms with Crippen LogP contribution in [0.3, 0.4) is 0 Å². The van der Waals surface area contributed by atoms with Crippen molar-refractivity contribution in [2.75, 3.05) is 11.9 Å². The van der Waals surface area contributed by atoms with Gasteiger partial charge in [0, 0.05) is 0 Å². The number of amides is 1. The van der Waals surface area contributed by atoms with E-state index in [1.54, 1.807) is 32.0 Å². The number of carbonyl (C=O) groups is 2. The smallest absolute Gasteiger partial charge is 0.349 e. The van der Waals surface area contributed by atoms with Crippen LogP contribution in [0.5, 0.6) is 0 Å². The maximum absolute atomic E-state index is 12.3. The van der Waals surface area contributed by atoms with E-state index in [0.29, 0.717) is 32.3 Å². The number of thiophene rings is 1. The fourth-order valence-corrected chi connectivity index (χ4v) is 3.95. The molecule has 0 fully saturated rings. The summed E-state index contributed by atoms with van der Waals surface area (Å²) in [6.07, 6.45) is 0. The summed E-state index contributed by atoms with van der Waals surface area (Å²) in [6.45, 7) is 4.72. The molecule has 0 radical (unpaired) electrons. The summed E-state index contributed by atoms with van der Waals surface area (Å²) in [5, 5.41) is 3.34. The number of nitrogens with one attached hydrogen (secondary N) is 2. The molecule has 0 unspecified atom stereocenters. The highest BCUT2D eigenvalue weighted by Gasteiger charge is 2.21. The van der Waals surface area contributed by atoms with Crippen molar-refractivity contribution in [3.63, 3.8) is 0 Å². The van der Waals surface area contributed by atoms with E-state index in [4.69, 9.17) is 16.3 Å². The Labute approximate surface area is 163 Å². The molecule has 27 heavy (non-hydrogen) atoms. The second-order valence-corrected chi connectivity index (χ2v) is 7.40. The minimum Gasteiger partial charge on any atom is -0.451 e. The average molecular weight is 406 g/mol. The Hall–Kier alpha value is -2.71. The van der Waals surface area contributed by atoms with Crippen molar-refractivity contribution in [2.45, 2.75) is 20.8 Å². The molecular formula is C18H16ClN3O4S. The molecule has 1 amide bonds. The third-order valence-corrected chi connectivity index (χ3v) is 5.32. The fraction of sp³-hybridized carbons (Fsp3) is 0.222. The summed E-state index contributed by atoms with van der Waals surface area (Å²) in [5.41, 5.74) is 1.57. The third-order valence-electron chi connectivity index (χ3n) is 3.84. The maximum atomic E-state index is 12.3. The number of aryl methyl sites for hydroxylation is 3. The van der Waals surface area contributed by atoms with Crippen LogP contribution in [0, 0.1) is 20.8 Å². The second kappa shape index (κ2) is 7.50. The van der Waals surface area contributed by atoms with Crippen molar-refractivity contribution in [1.29, 1.82) is 0 Å². The molecular weight excluding hydrogens is 390 g/mol. The highest BCUT2D eigenvalue weighted by atomic mass is 35.5. The van der Waals surface area contributed by atoms with Crippen LogP contribution in [0.15, 0.2) is 23.0 Å². The van der Waals surface area contributed by atoms with Crippen molar-refractivity contribution in [2.24, 2.45) is 0 Å². The molecule has 0 aliphatic carbocycles. The van der Waals surface area contributed by atoms with Crippen LogP contribution in [-0.4, -0.2) is 28.5 Å². The fourth-order valence-electron chi connectivity index (χ4n) is 2.55. The van der Waals surface area contributed by atoms with Gasteiger partial charge in [0.15, 0.2) is 6.61 Å². The first-order chi connectivity index (χ1) is 12.8. The van der Waals surface area contributed by atoms with Gasteiger partial charge in [-0.25, -0.2) is 9.78 Å². The largest absolute Gasteiger partial charge is 0.451 e. The summed E-state index contributed by atoms with van der Waals surface area (Å²) in [6, 6.07) is 5.20. The predicted octanol–water partition coefficient (Wildman–Crippen LogP) is 3.36. The Kier molecular flexibility index (Phi) is 5.29. The summed E-state index contributed by atoms with van der Waals surface area (Å²) < 4.78 is 5.08. The van der Waals surface area contributed by atoms with Crippen molar-refractivity contribution >= 4 is 50.7 Å². The van der Waals surface area contributed by atoms with Crippen LogP contribution in [0.2, 0.25) is 5.02 Å². The summed E-state index contributed by atoms with van der Waals surface area (Å²) in [7, 11) is 0. The van der Waals surface area contributed by atoms with Gasteiger partial charge in [-0.05, 0) is 44.0 Å². The number of anilines is 1. The lowest BCUT2D eigenvalue weighted by Gasteiger charge is -2.08. The van der Waals surface area contributed by atoms with Gasteiger partial charge in [0.1, 0.15) is 15.5 Å². The molecule has 2 aromatic heterocycles. The van der Waals surface area contributed by atoms with Gasteiger partial charge in [0.2, 0.25) is 0 Å². The molecule has 9 heteroatoms. The van der Waals surface area contributed by atoms with E-state index in [1.165, 1.54) is 0 Å². The molecule has 140 valence electrons. The Balaban J connectivity index is 1.71. The van der Waals surface area contributed by atoms with Crippen LogP contribution in [0.1, 0.15) is 26.6 Å². The molecule has 0 aliphatic heterocycles. The van der Waals surface area contributed by atoms with Crippen molar-refractivity contribution in [3.8, 4) is 0 Å². The molecule has 0 saturated carbocycles. The van der Waals surface area contributed by atoms with E-state index in [-0.39, 0.29) is 10.4 Å². The highest BCUT2D eigenvalue weighted by Crippen LogP contribution is 2.27. The first-order valence-electron chi connectivity index (χ1n) is 7.99. The summed E-state index contributed by atoms with van der Waals surface area (Å²) >= 11 is 7.13. The average Bonchev–Trinajstić information content (AvgIpc) is 2.92. The molecule has 3 aromatic rings. The Morgan fingerprint density at radius 3 is 2.74 bits per heavy atom. The standard InChI is InChI=1S/C18H16ClN3O4S/c1-8-4-5-12(11(19)6-8)22-13(23)7-26-18(25)15-9(2)14-16(24)20-10(3)21-17(14)27-15/h4-6H,7H2,1-3H3,(H,22,23)(H,20,21,24). The number of esters is 1. The van der Waals surface area contributed by atoms with Crippen LogP contribution in [-0.2, 0) is 9.53 Å². The molecule has 1 aromatic carbocycles. The molecule has 0 spiro atoms. The quantitative estimate of drug-likeness (QED) is 0.648. The van der Waals surface area contributed by atoms with E-state index < -0.39 is 18.5 Å². The number of aromatic nitrogens is 2. The first-order valence-corrected chi connectivity index (χ1v) is 9.19. The summed E-state index contributed by atoms with van der Waals surface area (Å²) in [5.74, 6) is -0.736. The van der Waals surface area contributed by atoms with Gasteiger partial charge in [-0.2, -0.15) is 0 Å². The number of halogens is 1. The van der Waals surface area contributed by atoms with Crippen LogP contribution < -0.4 is 10.9 Å². The number of rotatable bonds is 4. The zero-order valence-electron chi connectivity index (χ0n) is 14.8. The second-order valence-electron chi connectivity index (χ2n) is 6.00. The van der Waals surface area contributed by atoms with Gasteiger partial charge >= 0.3 is 5.97 Å². The van der Waals surface area contributed by atoms with Crippen LogP contribution in [0.25, 0.3) is 10.2 Å². The van der Waals surface area contributed by atoms with E-state index in [1.807, 2.05) is 6.92 Å². The van der Waals surface area contributed by atoms with Gasteiger partial charge < -0.3 is 15.0 Å². The molecule has 2 heterocycles. The SMILES string of the molecule is Cc1ccc(NC(=O)COC(=O)c2sc3nc(C)[nH]c(=O)c3c2C)c(Cl)c1. The predicted molar refractivity (Wildman–Crippen MR) is 105 cm³/mol. The lowest BCUT2D eigenvalue weighted by molar-refractivity contribution is -0.119. The summed E-state index contributed by atoms with van der Waals surface area (Å²) in [4.78, 5) is 44.0. The van der Waals surface area contributed by atoms with E-state index >= 15 is 0 Å². The topological polar surface area (TPSA) is 101 Å². The monoisotopic (exact) mass is 405 g/mol. The molecule has 7 nitrogen and oxygen atoms in total. The number of ether oxygens (including phenoxy) is 1. The first kappa shape index (κ1) is 19.1. The molecule has 0 bridgehead atoms. The van der Waals surface area contributed by atoms with Crippen molar-refractivity contribution in [3.05, 3.63) is 55.4 Å². The number of nitrogens with zero attached hydrogens (tertiary/aromatic N) is 1. The van der Waals surface area contributed by atoms with E-state index in [0.717, 1.165) is 16.9 Å². The van der Waals surface area contributed by atoms with Gasteiger partial charge in [-0.15, -0.1) is 11.3 Å². The molecule has 0 aliphatic rings. The van der Waals surface area contributed by atoms with Crippen molar-refractivity contribution in [1.82, 2.24) is 9.97 Å². The maximum Gasteiger partial charge on any atom is 0.349 e. The number of H-pyrrole nitrogens is 1. The van der Waals surface area contributed by atoms with Gasteiger partial charge in [0.25, 0.3) is 11.5 Å². The number of benzene rings is 1. The molecule has 0 saturated heterocycles. The molecule has 2 N–H and O–H groups in total. The molecule has 0 atom stereocenters. The molecule has 3 rings (SSSR count). The zero-order chi connectivity index (χ0) is 19.7. The number of carbonyl (C=O) groups excluding carboxylic acids is 2. The van der Waals surface area contributed by atoms with Crippen LogP contribution in [0.4, 0.5) is 5.69 Å². The minimum absolute atomic E-state index is 0.245. The normalized spacial score (nSPS) is 10.8. The Bertz CT molecular complexity index is 1120. The third kappa shape index (κ3) is 4.01. The van der Waals surface area contributed by atoms with Gasteiger partial charge in [-0.3, -0.25) is 9.59 Å². The Morgan fingerprint density at radius 1 is 1.30 bits per heavy atom. The lowest BCUT2D eigenvalue weighted by Crippen LogP contribution is -2.21. The van der Waals surface area contributed by atoms with Crippen LogP contribution >= 0.6 is 22.9 Å². The van der Waals surface area contributed by atoms with Crippen molar-refractivity contribution < 1.29 is 14.3 Å². The number of fused-ring (bicyclic) bond motifs is 1. The zero-order valence-corrected chi connectivity index (χ0v) is 16.4. The van der Waals surface area contributed by atoms with Gasteiger partial charge in [-0.1, -0.05) is 17.7 Å². The minimum atomic E-state index is -0.683. The number of hydrogen-bond donors (Lipinski definition) is 2. The number of hydrogen-bond acceptors (Lipinski definition) is 6. The van der Waals surface area contributed by atoms with E-state index in [2.05, 4.69) is 15.3 Å². The van der Waals surface area contributed by atoms with E-state index in [9.17, 15) is 14.4 Å². The highest BCUT2D eigenvalue weighted by molar-refractivity contribution is 7.20. The van der Waals surface area contributed by atoms with Gasteiger partial charge in [0.05, 0.1) is 16.1 Å². The Morgan fingerprint density at radius 2 is 2.04 bits per heavy atom. The lowest BCUT2D eigenvalue weighted by atomic mass is 10.2.